The van der Waals surface area contributed by atoms with E-state index in [1.165, 1.54) is 83.1 Å². The predicted molar refractivity (Wildman–Crippen MR) is 317 cm³/mol. The second-order valence-electron chi connectivity index (χ2n) is 19.4. The number of aryl methyl sites for hydroxylation is 1. The van der Waals surface area contributed by atoms with E-state index in [1.54, 1.807) is 57.5 Å². The number of aromatic nitrogens is 3. The summed E-state index contributed by atoms with van der Waals surface area (Å²) in [6.45, 7) is 9.10. The van der Waals surface area contributed by atoms with Crippen LogP contribution in [0.15, 0.2) is 165 Å². The summed E-state index contributed by atoms with van der Waals surface area (Å²) in [5.41, 5.74) is -0.0814. The van der Waals surface area contributed by atoms with Crippen LogP contribution in [0.25, 0.3) is 0 Å². The Morgan fingerprint density at radius 2 is 1.45 bits per heavy atom. The summed E-state index contributed by atoms with van der Waals surface area (Å²) in [5.74, 6) is -3.45. The molecule has 1 saturated heterocycles. The number of anilines is 1. The summed E-state index contributed by atoms with van der Waals surface area (Å²) >= 11 is 6.10. The number of hydrogen-bond acceptors (Lipinski definition) is 22. The molecule has 428 valence electrons. The van der Waals surface area contributed by atoms with Gasteiger partial charge >= 0.3 is 23.9 Å². The molecule has 0 unspecified atom stereocenters. The number of amides is 2. The van der Waals surface area contributed by atoms with Gasteiger partial charge in [-0.15, -0.1) is 33.3 Å². The van der Waals surface area contributed by atoms with Crippen molar-refractivity contribution < 1.29 is 57.3 Å². The van der Waals surface area contributed by atoms with Crippen molar-refractivity contribution in [3.05, 3.63) is 183 Å². The molecule has 5 aromatic carbocycles. The summed E-state index contributed by atoms with van der Waals surface area (Å²) in [5, 5.41) is 21.2. The van der Waals surface area contributed by atoms with Gasteiger partial charge in [0.15, 0.2) is 26.7 Å². The normalized spacial score (nSPS) is 15.5. The van der Waals surface area contributed by atoms with Crippen molar-refractivity contribution in [2.24, 2.45) is 5.16 Å². The first kappa shape index (κ1) is 59.6. The molecule has 1 fully saturated rings. The number of nitrogens with zero attached hydrogens (tertiary/aromatic N) is 5. The van der Waals surface area contributed by atoms with Gasteiger partial charge in [0.2, 0.25) is 0 Å². The SMILES string of the molecule is COc1ccc(COC(=O)C2=C(CSc3nnc(C)s3)CS[C@H]3[C@H](NC(=O)/C(=N\O[C@H](Sc4ccc(OC(C)=O)c(OC(C)=O)c4)C(=O)OC(C)(C)C)c4csc(NC(c5ccccc5)(c5ccccc5)c5ccccc5)n4)C(=O)N23)cc1. The van der Waals surface area contributed by atoms with E-state index in [0.29, 0.717) is 37.9 Å². The molecule has 0 saturated carbocycles. The number of rotatable bonds is 22. The summed E-state index contributed by atoms with van der Waals surface area (Å²) in [4.78, 5) is 94.9. The molecule has 2 aromatic heterocycles. The molecule has 9 rings (SSSR count). The van der Waals surface area contributed by atoms with Crippen LogP contribution in [0.2, 0.25) is 0 Å². The van der Waals surface area contributed by atoms with Crippen LogP contribution in [-0.2, 0) is 55.2 Å². The Balaban J connectivity index is 1.07. The Morgan fingerprint density at radius 1 is 0.819 bits per heavy atom. The standard InChI is InChI=1S/C59H55N7O12S5/c1-34-63-64-57(82-34)81-32-38-31-79-52-48(51(70)66(52)49(38)53(71)74-30-37-23-25-42(73-7)26-24-37)61-50(69)47(65-78-55(54(72)77-58(4,5)6)83-43-27-28-45(75-35(2)67)46(29-43)76-36(3)68)44-33-80-56(60-44)62-59(39-17-11-8-12-18-39,40-19-13-9-14-20-40)41-21-15-10-16-22-41/h8-29,33,48,52,55H,30-32H2,1-7H3,(H,60,62)(H,61,69)/b65-47-/t48-,52+,55-/m1/s1. The van der Waals surface area contributed by atoms with E-state index in [-0.39, 0.29) is 34.4 Å². The molecule has 3 atom stereocenters. The number of esters is 4. The maximum Gasteiger partial charge on any atom is 0.361 e. The number of methoxy groups -OCH3 is 1. The Morgan fingerprint density at radius 3 is 2.02 bits per heavy atom. The van der Waals surface area contributed by atoms with Crippen LogP contribution in [0.3, 0.4) is 0 Å². The average Bonchev–Trinajstić information content (AvgIpc) is 3.09. The lowest BCUT2D eigenvalue weighted by Crippen LogP contribution is -2.71. The summed E-state index contributed by atoms with van der Waals surface area (Å²) in [6, 6.07) is 39.6. The van der Waals surface area contributed by atoms with Crippen LogP contribution in [0, 0.1) is 6.92 Å². The highest BCUT2D eigenvalue weighted by Crippen LogP contribution is 2.44. The topological polar surface area (TPSA) is 236 Å². The lowest BCUT2D eigenvalue weighted by molar-refractivity contribution is -0.162. The smallest absolute Gasteiger partial charge is 0.361 e. The molecule has 19 nitrogen and oxygen atoms in total. The van der Waals surface area contributed by atoms with Gasteiger partial charge in [0.05, 0.1) is 7.11 Å². The highest BCUT2D eigenvalue weighted by molar-refractivity contribution is 8.02. The first-order valence-electron chi connectivity index (χ1n) is 25.6. The number of oxime groups is 1. The fourth-order valence-corrected chi connectivity index (χ4v) is 13.6. The van der Waals surface area contributed by atoms with Gasteiger partial charge in [-0.3, -0.25) is 24.1 Å². The molecule has 0 bridgehead atoms. The molecule has 7 aromatic rings. The lowest BCUT2D eigenvalue weighted by Gasteiger charge is -2.49. The van der Waals surface area contributed by atoms with Crippen LogP contribution in [0.1, 0.15) is 67.6 Å². The Hall–Kier alpha value is -8.03. The van der Waals surface area contributed by atoms with Gasteiger partial charge in [-0.1, -0.05) is 143 Å². The minimum absolute atomic E-state index is 0.00254. The molecular formula is C59H55N7O12S5. The van der Waals surface area contributed by atoms with Gasteiger partial charge in [-0.2, -0.15) is 0 Å². The third-order valence-corrected chi connectivity index (χ3v) is 17.5. The van der Waals surface area contributed by atoms with E-state index in [1.807, 2.05) is 97.9 Å². The summed E-state index contributed by atoms with van der Waals surface area (Å²) < 4.78 is 28.2. The van der Waals surface area contributed by atoms with Crippen LogP contribution >= 0.6 is 58.0 Å². The van der Waals surface area contributed by atoms with Gasteiger partial charge in [-0.25, -0.2) is 14.6 Å². The number of nitrogens with one attached hydrogen (secondary N) is 2. The maximum absolute atomic E-state index is 15.1. The highest BCUT2D eigenvalue weighted by atomic mass is 32.2. The van der Waals surface area contributed by atoms with Crippen molar-refractivity contribution in [1.29, 1.82) is 0 Å². The van der Waals surface area contributed by atoms with Crippen LogP contribution in [0.5, 0.6) is 17.2 Å². The number of carbonyl (C=O) groups is 6. The van der Waals surface area contributed by atoms with E-state index < -0.39 is 69.4 Å². The van der Waals surface area contributed by atoms with E-state index >= 15 is 4.79 Å². The van der Waals surface area contributed by atoms with Crippen molar-refractivity contribution in [3.63, 3.8) is 0 Å². The van der Waals surface area contributed by atoms with Crippen LogP contribution in [-0.4, -0.2) is 103 Å². The monoisotopic (exact) mass is 1210 g/mol. The van der Waals surface area contributed by atoms with Crippen LogP contribution < -0.4 is 24.8 Å². The number of carbonyl (C=O) groups excluding carboxylic acids is 6. The number of benzene rings is 5. The number of fused-ring (bicyclic) bond motifs is 1. The largest absolute Gasteiger partial charge is 0.497 e. The minimum Gasteiger partial charge on any atom is -0.497 e. The number of β-lactam (4-membered cyclic amide) rings is 1. The fraction of sp³-hybridized carbons (Fsp3) is 0.254. The van der Waals surface area contributed by atoms with Crippen molar-refractivity contribution >= 4 is 104 Å². The Bertz CT molecular complexity index is 3480. The van der Waals surface area contributed by atoms with E-state index in [2.05, 4.69) is 26.0 Å². The molecule has 24 heteroatoms. The first-order valence-corrected chi connectivity index (χ1v) is 30.3. The minimum atomic E-state index is -1.63. The van der Waals surface area contributed by atoms with Crippen molar-refractivity contribution in [1.82, 2.24) is 25.4 Å². The third kappa shape index (κ3) is 14.4. The number of thiazole rings is 1. The fourth-order valence-electron chi connectivity index (χ4n) is 8.72. The highest BCUT2D eigenvalue weighted by Gasteiger charge is 2.55. The molecular weight excluding hydrogens is 1160 g/mol. The van der Waals surface area contributed by atoms with Gasteiger partial charge < -0.3 is 39.2 Å². The van der Waals surface area contributed by atoms with E-state index in [0.717, 1.165) is 33.5 Å². The van der Waals surface area contributed by atoms with Crippen molar-refractivity contribution in [2.45, 2.75) is 85.4 Å². The van der Waals surface area contributed by atoms with Crippen molar-refractivity contribution in [3.8, 4) is 17.2 Å². The molecule has 0 radical (unpaired) electrons. The van der Waals surface area contributed by atoms with E-state index in [4.69, 9.17) is 33.5 Å². The van der Waals surface area contributed by atoms with Gasteiger partial charge in [0.25, 0.3) is 17.3 Å². The number of thioether (sulfide) groups is 3. The maximum atomic E-state index is 15.1. The Kier molecular flexibility index (Phi) is 19.0. The molecule has 83 heavy (non-hydrogen) atoms. The third-order valence-electron chi connectivity index (χ3n) is 12.3. The molecule has 2 N–H and O–H groups in total. The summed E-state index contributed by atoms with van der Waals surface area (Å²) in [7, 11) is 1.55. The average molecular weight is 1210 g/mol. The molecule has 2 amide bonds. The zero-order chi connectivity index (χ0) is 58.8. The van der Waals surface area contributed by atoms with Gasteiger partial charge in [0.1, 0.15) is 51.3 Å². The molecule has 4 heterocycles. The second-order valence-corrected chi connectivity index (χ2v) is 25.0. The predicted octanol–water partition coefficient (Wildman–Crippen LogP) is 9.94. The number of ether oxygens (including phenoxy) is 5. The number of hydrogen-bond donors (Lipinski definition) is 2. The lowest BCUT2D eigenvalue weighted by atomic mass is 9.77. The Labute approximate surface area is 498 Å². The van der Waals surface area contributed by atoms with E-state index in [9.17, 15) is 24.0 Å². The first-order chi connectivity index (χ1) is 39.9. The van der Waals surface area contributed by atoms with Gasteiger partial charge in [-0.05, 0) is 85.9 Å². The second kappa shape index (κ2) is 26.5. The van der Waals surface area contributed by atoms with Gasteiger partial charge in [0, 0.05) is 35.6 Å². The zero-order valence-corrected chi connectivity index (χ0v) is 49.9. The molecule has 2 aliphatic heterocycles. The van der Waals surface area contributed by atoms with Crippen molar-refractivity contribution in [2.75, 3.05) is 23.9 Å². The zero-order valence-electron chi connectivity index (χ0n) is 45.8. The quantitative estimate of drug-likeness (QED) is 0.00938. The van der Waals surface area contributed by atoms with Crippen LogP contribution in [0.4, 0.5) is 5.13 Å². The molecule has 0 aliphatic carbocycles. The molecule has 2 aliphatic rings. The summed E-state index contributed by atoms with van der Waals surface area (Å²) in [6.07, 6.45) is 0. The molecule has 0 spiro atoms.